The molecule has 0 aromatic rings. The predicted molar refractivity (Wildman–Crippen MR) is 75.4 cm³/mol. The summed E-state index contributed by atoms with van der Waals surface area (Å²) in [6.07, 6.45) is 7.68. The highest BCUT2D eigenvalue weighted by molar-refractivity contribution is 5.80. The van der Waals surface area contributed by atoms with E-state index in [1.807, 2.05) is 0 Å². The van der Waals surface area contributed by atoms with Crippen LogP contribution in [0.15, 0.2) is 4.99 Å². The molecule has 0 bridgehead atoms. The fourth-order valence-electron chi connectivity index (χ4n) is 2.27. The molecule has 0 unspecified atom stereocenters. The van der Waals surface area contributed by atoms with Gasteiger partial charge in [-0.25, -0.2) is 0 Å². The SMILES string of the molecule is CCCCN=C(NCC)NC1CCC(C)CC1. The molecule has 0 aliphatic heterocycles. The Morgan fingerprint density at radius 1 is 1.18 bits per heavy atom. The zero-order valence-corrected chi connectivity index (χ0v) is 11.8. The van der Waals surface area contributed by atoms with Crippen LogP contribution in [0.2, 0.25) is 0 Å². The molecule has 100 valence electrons. The molecule has 1 fully saturated rings. The molecule has 1 aliphatic carbocycles. The Morgan fingerprint density at radius 2 is 1.88 bits per heavy atom. The summed E-state index contributed by atoms with van der Waals surface area (Å²) in [7, 11) is 0. The second kappa shape index (κ2) is 8.37. The van der Waals surface area contributed by atoms with E-state index in [9.17, 15) is 0 Å². The number of rotatable bonds is 5. The standard InChI is InChI=1S/C14H29N3/c1-4-6-11-16-14(15-5-2)17-13-9-7-12(3)8-10-13/h12-13H,4-11H2,1-3H3,(H2,15,16,17). The van der Waals surface area contributed by atoms with Gasteiger partial charge in [-0.1, -0.05) is 20.3 Å². The Balaban J connectivity index is 2.34. The van der Waals surface area contributed by atoms with Crippen molar-refractivity contribution in [2.24, 2.45) is 10.9 Å². The van der Waals surface area contributed by atoms with Crippen molar-refractivity contribution in [3.8, 4) is 0 Å². The van der Waals surface area contributed by atoms with Crippen LogP contribution >= 0.6 is 0 Å². The molecule has 2 N–H and O–H groups in total. The summed E-state index contributed by atoms with van der Waals surface area (Å²) in [5.41, 5.74) is 0. The Labute approximate surface area is 106 Å². The molecule has 0 radical (unpaired) electrons. The average molecular weight is 239 g/mol. The van der Waals surface area contributed by atoms with E-state index in [4.69, 9.17) is 0 Å². The first-order valence-corrected chi connectivity index (χ1v) is 7.31. The van der Waals surface area contributed by atoms with E-state index >= 15 is 0 Å². The molecule has 0 aromatic carbocycles. The fourth-order valence-corrected chi connectivity index (χ4v) is 2.27. The number of hydrogen-bond donors (Lipinski definition) is 2. The zero-order chi connectivity index (χ0) is 12.5. The molecule has 0 amide bonds. The van der Waals surface area contributed by atoms with Crippen LogP contribution in [0.1, 0.15) is 59.3 Å². The molecule has 1 saturated carbocycles. The minimum atomic E-state index is 0.630. The predicted octanol–water partition coefficient (Wildman–Crippen LogP) is 2.92. The van der Waals surface area contributed by atoms with Crippen molar-refractivity contribution in [2.45, 2.75) is 65.3 Å². The fraction of sp³-hybridized carbons (Fsp3) is 0.929. The molecule has 1 aliphatic rings. The van der Waals surface area contributed by atoms with Gasteiger partial charge in [-0.05, 0) is 44.9 Å². The van der Waals surface area contributed by atoms with Crippen molar-refractivity contribution in [1.29, 1.82) is 0 Å². The number of unbranched alkanes of at least 4 members (excludes halogenated alkanes) is 1. The molecule has 0 heterocycles. The van der Waals surface area contributed by atoms with Gasteiger partial charge < -0.3 is 10.6 Å². The van der Waals surface area contributed by atoms with Gasteiger partial charge in [0, 0.05) is 19.1 Å². The number of nitrogens with zero attached hydrogens (tertiary/aromatic N) is 1. The summed E-state index contributed by atoms with van der Waals surface area (Å²) in [6.45, 7) is 8.57. The van der Waals surface area contributed by atoms with Crippen LogP contribution in [0.5, 0.6) is 0 Å². The van der Waals surface area contributed by atoms with Crippen LogP contribution in [-0.4, -0.2) is 25.1 Å². The highest BCUT2D eigenvalue weighted by Gasteiger charge is 2.18. The summed E-state index contributed by atoms with van der Waals surface area (Å²) in [5, 5.41) is 6.91. The summed E-state index contributed by atoms with van der Waals surface area (Å²) in [4.78, 5) is 4.61. The molecule has 3 nitrogen and oxygen atoms in total. The van der Waals surface area contributed by atoms with E-state index in [2.05, 4.69) is 36.4 Å². The van der Waals surface area contributed by atoms with Crippen molar-refractivity contribution < 1.29 is 0 Å². The Hall–Kier alpha value is -0.730. The lowest BCUT2D eigenvalue weighted by molar-refractivity contribution is 0.329. The first-order chi connectivity index (χ1) is 8.26. The van der Waals surface area contributed by atoms with Crippen molar-refractivity contribution in [1.82, 2.24) is 10.6 Å². The van der Waals surface area contributed by atoms with E-state index < -0.39 is 0 Å². The maximum atomic E-state index is 4.61. The van der Waals surface area contributed by atoms with E-state index in [0.717, 1.165) is 25.0 Å². The van der Waals surface area contributed by atoms with Crippen LogP contribution < -0.4 is 10.6 Å². The van der Waals surface area contributed by atoms with Gasteiger partial charge in [-0.3, -0.25) is 4.99 Å². The Morgan fingerprint density at radius 3 is 2.47 bits per heavy atom. The van der Waals surface area contributed by atoms with Crippen molar-refractivity contribution in [3.05, 3.63) is 0 Å². The maximum Gasteiger partial charge on any atom is 0.191 e. The smallest absolute Gasteiger partial charge is 0.191 e. The summed E-state index contributed by atoms with van der Waals surface area (Å²) >= 11 is 0. The van der Waals surface area contributed by atoms with Crippen LogP contribution in [0, 0.1) is 5.92 Å². The van der Waals surface area contributed by atoms with Crippen molar-refractivity contribution >= 4 is 5.96 Å². The van der Waals surface area contributed by atoms with E-state index in [1.54, 1.807) is 0 Å². The molecule has 0 aromatic heterocycles. The summed E-state index contributed by atoms with van der Waals surface area (Å²) in [5.74, 6) is 1.92. The minimum Gasteiger partial charge on any atom is -0.357 e. The highest BCUT2D eigenvalue weighted by atomic mass is 15.2. The molecule has 3 heteroatoms. The lowest BCUT2D eigenvalue weighted by Gasteiger charge is -2.28. The first kappa shape index (κ1) is 14.3. The normalized spacial score (nSPS) is 25.7. The monoisotopic (exact) mass is 239 g/mol. The van der Waals surface area contributed by atoms with E-state index in [-0.39, 0.29) is 0 Å². The molecular formula is C14H29N3. The third-order valence-electron chi connectivity index (χ3n) is 3.48. The van der Waals surface area contributed by atoms with Gasteiger partial charge in [0.15, 0.2) is 5.96 Å². The van der Waals surface area contributed by atoms with Crippen LogP contribution in [0.25, 0.3) is 0 Å². The van der Waals surface area contributed by atoms with Gasteiger partial charge in [0.05, 0.1) is 0 Å². The highest BCUT2D eigenvalue weighted by Crippen LogP contribution is 2.23. The molecule has 0 atom stereocenters. The molecule has 1 rings (SSSR count). The number of guanidine groups is 1. The van der Waals surface area contributed by atoms with Gasteiger partial charge in [-0.15, -0.1) is 0 Å². The van der Waals surface area contributed by atoms with Gasteiger partial charge in [-0.2, -0.15) is 0 Å². The maximum absolute atomic E-state index is 4.61. The van der Waals surface area contributed by atoms with Crippen LogP contribution in [0.3, 0.4) is 0 Å². The van der Waals surface area contributed by atoms with E-state index in [1.165, 1.54) is 38.5 Å². The molecule has 17 heavy (non-hydrogen) atoms. The van der Waals surface area contributed by atoms with Gasteiger partial charge >= 0.3 is 0 Å². The van der Waals surface area contributed by atoms with Crippen LogP contribution in [0.4, 0.5) is 0 Å². The third kappa shape index (κ3) is 5.94. The average Bonchev–Trinajstić information content (AvgIpc) is 2.32. The molecule has 0 spiro atoms. The largest absolute Gasteiger partial charge is 0.357 e. The molecular weight excluding hydrogens is 210 g/mol. The Bertz CT molecular complexity index is 218. The topological polar surface area (TPSA) is 36.4 Å². The minimum absolute atomic E-state index is 0.630. The number of hydrogen-bond acceptors (Lipinski definition) is 1. The van der Waals surface area contributed by atoms with Gasteiger partial charge in [0.1, 0.15) is 0 Å². The zero-order valence-electron chi connectivity index (χ0n) is 11.8. The van der Waals surface area contributed by atoms with Crippen LogP contribution in [-0.2, 0) is 0 Å². The van der Waals surface area contributed by atoms with E-state index in [0.29, 0.717) is 6.04 Å². The Kier molecular flexibility index (Phi) is 7.06. The third-order valence-corrected chi connectivity index (χ3v) is 3.48. The summed E-state index contributed by atoms with van der Waals surface area (Å²) < 4.78 is 0. The summed E-state index contributed by atoms with van der Waals surface area (Å²) in [6, 6.07) is 0.630. The number of aliphatic imine (C=N–C) groups is 1. The lowest BCUT2D eigenvalue weighted by atomic mass is 9.87. The number of nitrogens with one attached hydrogen (secondary N) is 2. The second-order valence-electron chi connectivity index (χ2n) is 5.22. The quantitative estimate of drug-likeness (QED) is 0.440. The van der Waals surface area contributed by atoms with Gasteiger partial charge in [0.25, 0.3) is 0 Å². The lowest BCUT2D eigenvalue weighted by Crippen LogP contribution is -2.44. The van der Waals surface area contributed by atoms with Gasteiger partial charge in [0.2, 0.25) is 0 Å². The molecule has 0 saturated heterocycles. The first-order valence-electron chi connectivity index (χ1n) is 7.31. The van der Waals surface area contributed by atoms with Crippen molar-refractivity contribution in [2.75, 3.05) is 13.1 Å². The second-order valence-corrected chi connectivity index (χ2v) is 5.22. The van der Waals surface area contributed by atoms with Crippen molar-refractivity contribution in [3.63, 3.8) is 0 Å².